The quantitative estimate of drug-likeness (QED) is 0.642. The third kappa shape index (κ3) is 3.38. The van der Waals surface area contributed by atoms with E-state index in [-0.39, 0.29) is 12.0 Å². The van der Waals surface area contributed by atoms with Gasteiger partial charge in [-0.1, -0.05) is 0 Å². The van der Waals surface area contributed by atoms with Gasteiger partial charge in [-0.2, -0.15) is 5.10 Å². The first kappa shape index (κ1) is 18.6. The molecule has 0 aliphatic carbocycles. The smallest absolute Gasteiger partial charge is 0.343 e. The van der Waals surface area contributed by atoms with Crippen LogP contribution in [0.3, 0.4) is 0 Å². The summed E-state index contributed by atoms with van der Waals surface area (Å²) in [6, 6.07) is 0. The van der Waals surface area contributed by atoms with E-state index in [1.165, 1.54) is 6.20 Å². The maximum Gasteiger partial charge on any atom is 0.343 e. The van der Waals surface area contributed by atoms with Crippen LogP contribution >= 0.6 is 0 Å². The second-order valence-electron chi connectivity index (χ2n) is 7.04. The summed E-state index contributed by atoms with van der Waals surface area (Å²) in [5.41, 5.74) is 1.33. The number of carbonyl (C=O) groups is 1. The fraction of sp³-hybridized carbons (Fsp3) is 0.474. The maximum atomic E-state index is 12.0. The highest BCUT2D eigenvalue weighted by atomic mass is 16.5. The Morgan fingerprint density at radius 2 is 2.14 bits per heavy atom. The summed E-state index contributed by atoms with van der Waals surface area (Å²) < 4.78 is 14.1. The number of hydrogen-bond acceptors (Lipinski definition) is 7. The van der Waals surface area contributed by atoms with Gasteiger partial charge in [-0.25, -0.2) is 19.3 Å². The van der Waals surface area contributed by atoms with Crippen molar-refractivity contribution >= 4 is 11.6 Å². The summed E-state index contributed by atoms with van der Waals surface area (Å²) >= 11 is 0. The van der Waals surface area contributed by atoms with E-state index in [0.717, 1.165) is 24.2 Å². The molecule has 3 aromatic rings. The molecule has 9 heteroatoms. The van der Waals surface area contributed by atoms with Gasteiger partial charge in [0.25, 0.3) is 0 Å². The van der Waals surface area contributed by atoms with Crippen molar-refractivity contribution in [1.82, 2.24) is 24.1 Å². The summed E-state index contributed by atoms with van der Waals surface area (Å²) in [4.78, 5) is 20.9. The van der Waals surface area contributed by atoms with Gasteiger partial charge in [0.15, 0.2) is 5.65 Å². The average molecular weight is 385 g/mol. The molecule has 0 bridgehead atoms. The van der Waals surface area contributed by atoms with Crippen LogP contribution in [0.2, 0.25) is 0 Å². The Bertz CT molecular complexity index is 974. The summed E-state index contributed by atoms with van der Waals surface area (Å²) in [5, 5.41) is 14.2. The van der Waals surface area contributed by atoms with Gasteiger partial charge in [0.05, 0.1) is 25.0 Å². The highest BCUT2D eigenvalue weighted by Crippen LogP contribution is 2.33. The van der Waals surface area contributed by atoms with Gasteiger partial charge >= 0.3 is 5.97 Å². The molecule has 3 aromatic heterocycles. The first-order chi connectivity index (χ1) is 13.7. The van der Waals surface area contributed by atoms with Gasteiger partial charge in [0, 0.05) is 50.0 Å². The molecule has 0 radical (unpaired) electrons. The van der Waals surface area contributed by atoms with Crippen molar-refractivity contribution in [2.75, 3.05) is 26.4 Å². The zero-order chi connectivity index (χ0) is 19.6. The van der Waals surface area contributed by atoms with E-state index in [9.17, 15) is 9.90 Å². The zero-order valence-corrected chi connectivity index (χ0v) is 15.7. The van der Waals surface area contributed by atoms with Crippen molar-refractivity contribution in [3.05, 3.63) is 36.5 Å². The Morgan fingerprint density at radius 3 is 2.89 bits per heavy atom. The second kappa shape index (κ2) is 7.69. The number of rotatable bonds is 6. The monoisotopic (exact) mass is 385 g/mol. The number of imidazole rings is 1. The van der Waals surface area contributed by atoms with Crippen molar-refractivity contribution in [1.29, 1.82) is 0 Å². The number of hydrogen-bond donors (Lipinski definition) is 1. The molecule has 28 heavy (non-hydrogen) atoms. The first-order valence-electron chi connectivity index (χ1n) is 9.36. The van der Waals surface area contributed by atoms with E-state index in [1.54, 1.807) is 30.0 Å². The minimum absolute atomic E-state index is 0.104. The number of aliphatic hydroxyl groups excluding tert-OH is 1. The van der Waals surface area contributed by atoms with Crippen molar-refractivity contribution in [2.24, 2.45) is 5.41 Å². The molecule has 1 aliphatic heterocycles. The lowest BCUT2D eigenvalue weighted by molar-refractivity contribution is -0.0250. The lowest BCUT2D eigenvalue weighted by Gasteiger charge is -2.36. The predicted molar refractivity (Wildman–Crippen MR) is 99.7 cm³/mol. The van der Waals surface area contributed by atoms with Gasteiger partial charge in [-0.05, 0) is 19.8 Å². The number of nitrogens with zero attached hydrogens (tertiary/aromatic N) is 5. The number of ether oxygens (including phenoxy) is 2. The molecule has 0 aromatic carbocycles. The predicted octanol–water partition coefficient (Wildman–Crippen LogP) is 1.56. The molecule has 148 valence electrons. The number of carbonyl (C=O) groups excluding carboxylic acids is 1. The number of fused-ring (bicyclic) bond motifs is 1. The molecule has 0 atom stereocenters. The van der Waals surface area contributed by atoms with Gasteiger partial charge in [-0.15, -0.1) is 0 Å². The Kier molecular flexibility index (Phi) is 5.10. The minimum atomic E-state index is -0.441. The SMILES string of the molecule is CCOC(=O)c1cnn2cc(-c3nccn3CC3(CO)CCOCC3)cnc12. The summed E-state index contributed by atoms with van der Waals surface area (Å²) in [7, 11) is 0. The van der Waals surface area contributed by atoms with E-state index in [4.69, 9.17) is 9.47 Å². The zero-order valence-electron chi connectivity index (χ0n) is 15.7. The summed E-state index contributed by atoms with van der Waals surface area (Å²) in [6.45, 7) is 4.11. The molecule has 0 amide bonds. The van der Waals surface area contributed by atoms with Crippen molar-refractivity contribution < 1.29 is 19.4 Å². The molecule has 1 N–H and O–H groups in total. The molecule has 1 fully saturated rings. The van der Waals surface area contributed by atoms with Gasteiger partial charge < -0.3 is 19.1 Å². The Hall–Kier alpha value is -2.78. The molecule has 1 aliphatic rings. The van der Waals surface area contributed by atoms with Gasteiger partial charge in [-0.3, -0.25) is 0 Å². The van der Waals surface area contributed by atoms with E-state index in [0.29, 0.717) is 37.6 Å². The lowest BCUT2D eigenvalue weighted by Crippen LogP contribution is -2.37. The number of aliphatic hydroxyl groups is 1. The average Bonchev–Trinajstić information content (AvgIpc) is 3.35. The van der Waals surface area contributed by atoms with E-state index >= 15 is 0 Å². The fourth-order valence-electron chi connectivity index (χ4n) is 3.57. The number of aromatic nitrogens is 5. The Labute approximate surface area is 161 Å². The number of esters is 1. The maximum absolute atomic E-state index is 12.0. The van der Waals surface area contributed by atoms with Crippen molar-refractivity contribution in [2.45, 2.75) is 26.3 Å². The van der Waals surface area contributed by atoms with E-state index in [1.807, 2.05) is 10.8 Å². The van der Waals surface area contributed by atoms with Crippen LogP contribution in [-0.2, 0) is 16.0 Å². The van der Waals surface area contributed by atoms with E-state index in [2.05, 4.69) is 15.1 Å². The molecular weight excluding hydrogens is 362 g/mol. The fourth-order valence-corrected chi connectivity index (χ4v) is 3.57. The van der Waals surface area contributed by atoms with Crippen molar-refractivity contribution in [3.8, 4) is 11.4 Å². The first-order valence-corrected chi connectivity index (χ1v) is 9.36. The van der Waals surface area contributed by atoms with Crippen LogP contribution in [0.25, 0.3) is 17.0 Å². The highest BCUT2D eigenvalue weighted by molar-refractivity contribution is 5.95. The third-order valence-corrected chi connectivity index (χ3v) is 5.22. The lowest BCUT2D eigenvalue weighted by atomic mass is 9.81. The standard InChI is InChI=1S/C19H23N5O4/c1-2-28-18(26)15-10-22-24-11-14(9-21-17(15)24)16-20-5-6-23(16)12-19(13-25)3-7-27-8-4-19/h5-6,9-11,25H,2-4,7-8,12-13H2,1H3. The normalized spacial score (nSPS) is 16.4. The molecule has 0 unspecified atom stereocenters. The largest absolute Gasteiger partial charge is 0.462 e. The minimum Gasteiger partial charge on any atom is -0.462 e. The highest BCUT2D eigenvalue weighted by Gasteiger charge is 2.33. The van der Waals surface area contributed by atoms with E-state index < -0.39 is 5.97 Å². The molecule has 9 nitrogen and oxygen atoms in total. The Morgan fingerprint density at radius 1 is 1.32 bits per heavy atom. The Balaban J connectivity index is 1.64. The molecule has 1 saturated heterocycles. The van der Waals surface area contributed by atoms with Gasteiger partial charge in [0.2, 0.25) is 0 Å². The van der Waals surface area contributed by atoms with Crippen molar-refractivity contribution in [3.63, 3.8) is 0 Å². The topological polar surface area (TPSA) is 104 Å². The van der Waals surface area contributed by atoms with Crippen LogP contribution in [0, 0.1) is 5.41 Å². The third-order valence-electron chi connectivity index (χ3n) is 5.22. The molecule has 4 heterocycles. The molecule has 4 rings (SSSR count). The van der Waals surface area contributed by atoms with Gasteiger partial charge in [0.1, 0.15) is 11.4 Å². The van der Waals surface area contributed by atoms with Crippen LogP contribution in [0.4, 0.5) is 0 Å². The van der Waals surface area contributed by atoms with Crippen LogP contribution < -0.4 is 0 Å². The van der Waals surface area contributed by atoms with Crippen LogP contribution in [0.15, 0.2) is 31.0 Å². The molecular formula is C19H23N5O4. The molecule has 0 spiro atoms. The molecule has 0 saturated carbocycles. The van der Waals surface area contributed by atoms with Crippen LogP contribution in [0.1, 0.15) is 30.1 Å². The second-order valence-corrected chi connectivity index (χ2v) is 7.04. The summed E-state index contributed by atoms with van der Waals surface area (Å²) in [6.07, 6.45) is 10.2. The van der Waals surface area contributed by atoms with Crippen LogP contribution in [-0.4, -0.2) is 61.7 Å². The van der Waals surface area contributed by atoms with Crippen LogP contribution in [0.5, 0.6) is 0 Å². The summed E-state index contributed by atoms with van der Waals surface area (Å²) in [5.74, 6) is 0.297.